The number of hydrogen-bond acceptors (Lipinski definition) is 8. The third-order valence-electron chi connectivity index (χ3n) is 5.15. The number of aliphatic carboxylic acids is 1. The summed E-state index contributed by atoms with van der Waals surface area (Å²) in [4.78, 5) is 62.3. The van der Waals surface area contributed by atoms with E-state index in [0.717, 1.165) is 0 Å². The highest BCUT2D eigenvalue weighted by Gasteiger charge is 2.40. The van der Waals surface area contributed by atoms with Crippen molar-refractivity contribution in [1.29, 1.82) is 0 Å². The molecule has 0 spiro atoms. The summed E-state index contributed by atoms with van der Waals surface area (Å²) in [6, 6.07) is -5.66. The van der Waals surface area contributed by atoms with Crippen molar-refractivity contribution in [2.45, 2.75) is 63.8 Å². The molecule has 1 saturated heterocycles. The minimum absolute atomic E-state index is 0.241. The van der Waals surface area contributed by atoms with E-state index in [2.05, 4.69) is 16.0 Å². The lowest BCUT2D eigenvalue weighted by molar-refractivity contribution is -0.146. The van der Waals surface area contributed by atoms with E-state index in [-0.39, 0.29) is 12.5 Å². The number of likely N-dealkylation sites (tertiary alicyclic amines) is 1. The van der Waals surface area contributed by atoms with Gasteiger partial charge in [-0.1, -0.05) is 13.8 Å². The van der Waals surface area contributed by atoms with E-state index in [4.69, 9.17) is 21.1 Å². The van der Waals surface area contributed by atoms with Crippen LogP contribution in [0.25, 0.3) is 0 Å². The number of nitrogens with zero attached hydrogens (tertiary/aromatic N) is 1. The lowest BCUT2D eigenvalue weighted by Gasteiger charge is -2.31. The molecule has 0 bridgehead atoms. The Morgan fingerprint density at radius 1 is 1.00 bits per heavy atom. The van der Waals surface area contributed by atoms with Gasteiger partial charge in [0.05, 0.1) is 13.2 Å². The Balaban J connectivity index is 2.88. The molecule has 13 nitrogen and oxygen atoms in total. The first-order valence-corrected chi connectivity index (χ1v) is 10.4. The number of rotatable bonds is 11. The van der Waals surface area contributed by atoms with Gasteiger partial charge in [-0.3, -0.25) is 19.2 Å². The van der Waals surface area contributed by atoms with Crippen LogP contribution in [-0.2, 0) is 24.0 Å². The Morgan fingerprint density at radius 3 is 2.12 bits per heavy atom. The number of carbonyl (C=O) groups is 5. The van der Waals surface area contributed by atoms with Crippen molar-refractivity contribution in [3.63, 3.8) is 0 Å². The average molecular weight is 460 g/mol. The van der Waals surface area contributed by atoms with E-state index in [0.29, 0.717) is 12.8 Å². The molecule has 5 atom stereocenters. The Morgan fingerprint density at radius 2 is 1.62 bits per heavy atom. The van der Waals surface area contributed by atoms with Gasteiger partial charge in [0.2, 0.25) is 23.6 Å². The number of nitrogens with two attached hydrogens (primary N) is 1. The molecule has 0 aromatic rings. The van der Waals surface area contributed by atoms with Gasteiger partial charge in [-0.2, -0.15) is 0 Å². The molecule has 0 unspecified atom stereocenters. The zero-order chi connectivity index (χ0) is 24.6. The zero-order valence-electron chi connectivity index (χ0n) is 18.4. The number of aliphatic hydroxyl groups excluding tert-OH is 2. The highest BCUT2D eigenvalue weighted by Crippen LogP contribution is 2.20. The minimum Gasteiger partial charge on any atom is -0.480 e. The van der Waals surface area contributed by atoms with Crippen LogP contribution in [0.15, 0.2) is 0 Å². The third-order valence-corrected chi connectivity index (χ3v) is 5.15. The number of carboxylic acid groups (broad SMARTS) is 1. The van der Waals surface area contributed by atoms with Gasteiger partial charge in [0.15, 0.2) is 0 Å². The summed E-state index contributed by atoms with van der Waals surface area (Å²) in [6.07, 6.45) is 0.810. The van der Waals surface area contributed by atoms with Gasteiger partial charge in [-0.05, 0) is 25.7 Å². The van der Waals surface area contributed by atoms with Crippen molar-refractivity contribution in [3.8, 4) is 0 Å². The van der Waals surface area contributed by atoms with Crippen LogP contribution < -0.4 is 21.7 Å². The summed E-state index contributed by atoms with van der Waals surface area (Å²) in [7, 11) is 0. The van der Waals surface area contributed by atoms with Crippen LogP contribution >= 0.6 is 0 Å². The van der Waals surface area contributed by atoms with Crippen LogP contribution in [0.1, 0.15) is 33.6 Å². The van der Waals surface area contributed by atoms with Gasteiger partial charge >= 0.3 is 5.97 Å². The number of carboxylic acids is 1. The largest absolute Gasteiger partial charge is 0.480 e. The molecule has 0 radical (unpaired) electrons. The molecule has 4 amide bonds. The fourth-order valence-electron chi connectivity index (χ4n) is 3.20. The predicted molar refractivity (Wildman–Crippen MR) is 111 cm³/mol. The van der Waals surface area contributed by atoms with Crippen molar-refractivity contribution < 1.29 is 39.3 Å². The highest BCUT2D eigenvalue weighted by molar-refractivity contribution is 5.95. The summed E-state index contributed by atoms with van der Waals surface area (Å²) in [5.74, 6) is -4.36. The number of carbonyl (C=O) groups excluding carboxylic acids is 4. The molecule has 182 valence electrons. The van der Waals surface area contributed by atoms with Crippen LogP contribution in [0.2, 0.25) is 0 Å². The molecule has 8 N–H and O–H groups in total. The van der Waals surface area contributed by atoms with Crippen LogP contribution in [0.4, 0.5) is 0 Å². The summed E-state index contributed by atoms with van der Waals surface area (Å²) in [5.41, 5.74) is 5.41. The molecular weight excluding hydrogens is 426 g/mol. The fraction of sp³-hybridized carbons (Fsp3) is 0.737. The lowest BCUT2D eigenvalue weighted by atomic mass is 10.0. The van der Waals surface area contributed by atoms with Gasteiger partial charge in [0, 0.05) is 6.54 Å². The molecule has 0 aromatic carbocycles. The maximum absolute atomic E-state index is 13.2. The van der Waals surface area contributed by atoms with Crippen molar-refractivity contribution in [2.24, 2.45) is 11.7 Å². The van der Waals surface area contributed by atoms with Crippen LogP contribution in [0, 0.1) is 5.92 Å². The second-order valence-corrected chi connectivity index (χ2v) is 8.02. The summed E-state index contributed by atoms with van der Waals surface area (Å²) in [6.45, 7) is 3.65. The molecule has 0 aliphatic carbocycles. The highest BCUT2D eigenvalue weighted by atomic mass is 16.4. The lowest BCUT2D eigenvalue weighted by Crippen LogP contribution is -2.59. The van der Waals surface area contributed by atoms with E-state index >= 15 is 0 Å². The molecule has 1 aliphatic rings. The number of nitrogens with one attached hydrogen (secondary N) is 3. The van der Waals surface area contributed by atoms with E-state index in [1.54, 1.807) is 13.8 Å². The Labute approximate surface area is 185 Å². The molecule has 1 aliphatic heterocycles. The van der Waals surface area contributed by atoms with Crippen molar-refractivity contribution in [2.75, 3.05) is 19.8 Å². The Kier molecular flexibility index (Phi) is 10.5. The second kappa shape index (κ2) is 12.3. The van der Waals surface area contributed by atoms with E-state index in [1.165, 1.54) is 11.8 Å². The number of amides is 4. The smallest absolute Gasteiger partial charge is 0.328 e. The third kappa shape index (κ3) is 7.14. The van der Waals surface area contributed by atoms with Crippen molar-refractivity contribution >= 4 is 29.6 Å². The van der Waals surface area contributed by atoms with Crippen molar-refractivity contribution in [3.05, 3.63) is 0 Å². The molecule has 1 heterocycles. The van der Waals surface area contributed by atoms with Gasteiger partial charge in [0.25, 0.3) is 0 Å². The van der Waals surface area contributed by atoms with Crippen LogP contribution in [0.3, 0.4) is 0 Å². The van der Waals surface area contributed by atoms with Gasteiger partial charge in [-0.15, -0.1) is 0 Å². The first kappa shape index (κ1) is 27.3. The van der Waals surface area contributed by atoms with Gasteiger partial charge in [0.1, 0.15) is 30.2 Å². The predicted octanol–water partition coefficient (Wildman–Crippen LogP) is -3.50. The first-order chi connectivity index (χ1) is 14.9. The first-order valence-electron chi connectivity index (χ1n) is 10.4. The Bertz CT molecular complexity index is 716. The summed E-state index contributed by atoms with van der Waals surface area (Å²) < 4.78 is 0. The Hall–Kier alpha value is -2.77. The maximum Gasteiger partial charge on any atom is 0.328 e. The zero-order valence-corrected chi connectivity index (χ0v) is 18.4. The topological polar surface area (TPSA) is 211 Å². The van der Waals surface area contributed by atoms with E-state index < -0.39 is 73.0 Å². The van der Waals surface area contributed by atoms with Crippen LogP contribution in [-0.4, -0.2) is 99.8 Å². The van der Waals surface area contributed by atoms with E-state index in [1.807, 2.05) is 0 Å². The monoisotopic (exact) mass is 459 g/mol. The molecule has 1 rings (SSSR count). The van der Waals surface area contributed by atoms with Crippen LogP contribution in [0.5, 0.6) is 0 Å². The molecular formula is C19H33N5O8. The minimum atomic E-state index is -1.49. The van der Waals surface area contributed by atoms with E-state index in [9.17, 15) is 24.0 Å². The second-order valence-electron chi connectivity index (χ2n) is 8.02. The maximum atomic E-state index is 13.2. The van der Waals surface area contributed by atoms with Gasteiger partial charge < -0.3 is 41.9 Å². The van der Waals surface area contributed by atoms with Gasteiger partial charge in [-0.25, -0.2) is 4.79 Å². The standard InChI is InChI=1S/C19H33N5O8/c1-9(2)14(23-15(27)10(3)21-16(28)11(20)7-25)18(30)24-6-4-5-13(24)17(29)22-12(8-26)19(31)32/h9-14,25-26H,4-8,20H2,1-3H3,(H,21,28)(H,22,29)(H,23,27)(H,31,32)/t10-,11-,12-,13-,14-/m0/s1. The molecule has 0 saturated carbocycles. The quantitative estimate of drug-likeness (QED) is 0.163. The molecule has 0 aromatic heterocycles. The van der Waals surface area contributed by atoms with Crippen molar-refractivity contribution in [1.82, 2.24) is 20.9 Å². The number of aliphatic hydroxyl groups is 2. The normalized spacial score (nSPS) is 19.6. The summed E-state index contributed by atoms with van der Waals surface area (Å²) >= 11 is 0. The summed E-state index contributed by atoms with van der Waals surface area (Å²) in [5, 5.41) is 34.2. The number of hydrogen-bond donors (Lipinski definition) is 7. The molecule has 32 heavy (non-hydrogen) atoms. The molecule has 1 fully saturated rings. The SMILES string of the molecule is CC(C)[C@H](NC(=O)[C@H](C)NC(=O)[C@@H](N)CO)C(=O)N1CCC[C@H]1C(=O)N[C@@H](CO)C(=O)O. The molecule has 13 heteroatoms. The average Bonchev–Trinajstić information content (AvgIpc) is 3.23. The fourth-order valence-corrected chi connectivity index (χ4v) is 3.20.